The van der Waals surface area contributed by atoms with Crippen molar-refractivity contribution in [1.82, 2.24) is 0 Å². The third kappa shape index (κ3) is 2.05. The van der Waals surface area contributed by atoms with Crippen LogP contribution >= 0.6 is 23.8 Å². The van der Waals surface area contributed by atoms with E-state index in [0.717, 1.165) is 26.8 Å². The number of halogens is 1. The maximum absolute atomic E-state index is 5.96. The van der Waals surface area contributed by atoms with E-state index in [0.29, 0.717) is 5.02 Å². The molecular weight excluding hydrogens is 264 g/mol. The summed E-state index contributed by atoms with van der Waals surface area (Å²) in [6.07, 6.45) is 0. The van der Waals surface area contributed by atoms with Crippen LogP contribution in [0.5, 0.6) is 0 Å². The fourth-order valence-electron chi connectivity index (χ4n) is 1.87. The second-order valence-electron chi connectivity index (χ2n) is 3.98. The highest BCUT2D eigenvalue weighted by atomic mass is 35.5. The van der Waals surface area contributed by atoms with E-state index in [4.69, 9.17) is 28.2 Å². The van der Waals surface area contributed by atoms with Gasteiger partial charge in [-0.3, -0.25) is 0 Å². The molecule has 0 fully saturated rings. The topological polar surface area (TPSA) is 13.1 Å². The molecule has 1 heterocycles. The molecule has 2 aromatic carbocycles. The van der Waals surface area contributed by atoms with Gasteiger partial charge in [0.05, 0.1) is 4.51 Å². The quantitative estimate of drug-likeness (QED) is 0.544. The molecule has 3 rings (SSSR count). The van der Waals surface area contributed by atoms with Crippen LogP contribution in [0.15, 0.2) is 59.0 Å². The van der Waals surface area contributed by atoms with Gasteiger partial charge in [0.2, 0.25) is 0 Å². The van der Waals surface area contributed by atoms with Crippen LogP contribution in [0.4, 0.5) is 0 Å². The number of rotatable bonds is 1. The van der Waals surface area contributed by atoms with Gasteiger partial charge in [-0.15, -0.1) is 0 Å². The maximum Gasteiger partial charge on any atom is 0.136 e. The minimum absolute atomic E-state index is 0.663. The van der Waals surface area contributed by atoms with Crippen molar-refractivity contribution < 1.29 is 4.42 Å². The summed E-state index contributed by atoms with van der Waals surface area (Å²) in [5.41, 5.74) is 1.77. The lowest BCUT2D eigenvalue weighted by Crippen LogP contribution is -1.80. The van der Waals surface area contributed by atoms with Gasteiger partial charge in [0.25, 0.3) is 0 Å². The van der Waals surface area contributed by atoms with Crippen LogP contribution in [-0.4, -0.2) is 0 Å². The Labute approximate surface area is 115 Å². The van der Waals surface area contributed by atoms with E-state index in [1.165, 1.54) is 0 Å². The zero-order valence-electron chi connectivity index (χ0n) is 9.39. The summed E-state index contributed by atoms with van der Waals surface area (Å²) in [6, 6.07) is 17.3. The summed E-state index contributed by atoms with van der Waals surface area (Å²) < 4.78 is 6.61. The van der Waals surface area contributed by atoms with Crippen molar-refractivity contribution >= 4 is 34.8 Å². The van der Waals surface area contributed by atoms with Gasteiger partial charge in [-0.05, 0) is 18.2 Å². The van der Waals surface area contributed by atoms with E-state index in [1.54, 1.807) is 6.07 Å². The second-order valence-corrected chi connectivity index (χ2v) is 4.86. The second kappa shape index (κ2) is 4.56. The minimum Gasteiger partial charge on any atom is -0.456 e. The van der Waals surface area contributed by atoms with E-state index in [9.17, 15) is 0 Å². The Morgan fingerprint density at radius 1 is 0.944 bits per heavy atom. The largest absolute Gasteiger partial charge is 0.456 e. The van der Waals surface area contributed by atoms with Crippen LogP contribution in [0, 0.1) is 4.51 Å². The molecule has 1 aromatic heterocycles. The monoisotopic (exact) mass is 272 g/mol. The molecule has 0 amide bonds. The van der Waals surface area contributed by atoms with Crippen molar-refractivity contribution in [3.05, 3.63) is 64.1 Å². The molecule has 0 N–H and O–H groups in total. The molecule has 0 atom stereocenters. The Hall–Kier alpha value is -1.64. The third-order valence-electron chi connectivity index (χ3n) is 2.75. The van der Waals surface area contributed by atoms with Gasteiger partial charge in [0.1, 0.15) is 11.3 Å². The molecule has 0 saturated heterocycles. The highest BCUT2D eigenvalue weighted by molar-refractivity contribution is 7.71. The highest BCUT2D eigenvalue weighted by Gasteiger charge is 2.04. The molecule has 0 radical (unpaired) electrons. The van der Waals surface area contributed by atoms with Gasteiger partial charge in [-0.1, -0.05) is 54.2 Å². The first kappa shape index (κ1) is 11.5. The first-order chi connectivity index (χ1) is 8.74. The van der Waals surface area contributed by atoms with E-state index in [-0.39, 0.29) is 0 Å². The van der Waals surface area contributed by atoms with Gasteiger partial charge in [-0.2, -0.15) is 0 Å². The number of fused-ring (bicyclic) bond motifs is 1. The first-order valence-electron chi connectivity index (χ1n) is 5.53. The molecule has 88 valence electrons. The van der Waals surface area contributed by atoms with Gasteiger partial charge in [0, 0.05) is 22.0 Å². The molecule has 0 unspecified atom stereocenters. The van der Waals surface area contributed by atoms with Crippen LogP contribution in [0.1, 0.15) is 0 Å². The van der Waals surface area contributed by atoms with Crippen LogP contribution in [0.2, 0.25) is 5.02 Å². The Balaban J connectivity index is 2.29. The van der Waals surface area contributed by atoms with Crippen molar-refractivity contribution in [2.24, 2.45) is 0 Å². The molecule has 0 bridgehead atoms. The average molecular weight is 273 g/mol. The predicted octanol–water partition coefficient (Wildman–Crippen LogP) is 5.48. The summed E-state index contributed by atoms with van der Waals surface area (Å²) in [5.74, 6) is 0.774. The van der Waals surface area contributed by atoms with E-state index < -0.39 is 0 Å². The molecule has 3 heteroatoms. The van der Waals surface area contributed by atoms with Crippen molar-refractivity contribution in [2.75, 3.05) is 0 Å². The fraction of sp³-hybridized carbons (Fsp3) is 0. The Morgan fingerprint density at radius 2 is 1.72 bits per heavy atom. The molecule has 0 aliphatic rings. The lowest BCUT2D eigenvalue weighted by atomic mass is 10.1. The Bertz CT molecular complexity index is 762. The third-order valence-corrected chi connectivity index (χ3v) is 3.32. The first-order valence-corrected chi connectivity index (χ1v) is 6.31. The normalized spacial score (nSPS) is 10.7. The summed E-state index contributed by atoms with van der Waals surface area (Å²) in [5, 5.41) is 1.54. The van der Waals surface area contributed by atoms with Gasteiger partial charge < -0.3 is 4.42 Å². The lowest BCUT2D eigenvalue weighted by molar-refractivity contribution is 0.619. The Morgan fingerprint density at radius 3 is 2.50 bits per heavy atom. The number of hydrogen-bond donors (Lipinski definition) is 0. The predicted molar refractivity (Wildman–Crippen MR) is 77.5 cm³/mol. The SMILES string of the molecule is S=c1cc(-c2ccccc2)oc2ccc(Cl)cc12. The van der Waals surface area contributed by atoms with Gasteiger partial charge in [0.15, 0.2) is 0 Å². The number of benzene rings is 2. The van der Waals surface area contributed by atoms with Gasteiger partial charge >= 0.3 is 0 Å². The summed E-state index contributed by atoms with van der Waals surface area (Å²) in [4.78, 5) is 0. The Kier molecular flexibility index (Phi) is 2.90. The fourth-order valence-corrected chi connectivity index (χ4v) is 2.31. The molecule has 0 aliphatic heterocycles. The zero-order valence-corrected chi connectivity index (χ0v) is 11.0. The standard InChI is InChI=1S/C15H9ClOS/c16-11-6-7-13-12(8-11)15(18)9-14(17-13)10-4-2-1-3-5-10/h1-9H. The molecule has 0 saturated carbocycles. The summed E-state index contributed by atoms with van der Waals surface area (Å²) >= 11 is 11.3. The van der Waals surface area contributed by atoms with Crippen molar-refractivity contribution in [3.63, 3.8) is 0 Å². The van der Waals surface area contributed by atoms with Gasteiger partial charge in [-0.25, -0.2) is 0 Å². The molecule has 0 spiro atoms. The van der Waals surface area contributed by atoms with Crippen molar-refractivity contribution in [1.29, 1.82) is 0 Å². The molecule has 18 heavy (non-hydrogen) atoms. The van der Waals surface area contributed by atoms with E-state index >= 15 is 0 Å². The molecular formula is C15H9ClOS. The van der Waals surface area contributed by atoms with Crippen LogP contribution in [0.25, 0.3) is 22.3 Å². The molecule has 3 aromatic rings. The highest BCUT2D eigenvalue weighted by Crippen LogP contribution is 2.27. The summed E-state index contributed by atoms with van der Waals surface area (Å²) in [7, 11) is 0. The minimum atomic E-state index is 0.663. The smallest absolute Gasteiger partial charge is 0.136 e. The lowest BCUT2D eigenvalue weighted by Gasteiger charge is -2.04. The summed E-state index contributed by atoms with van der Waals surface area (Å²) in [6.45, 7) is 0. The van der Waals surface area contributed by atoms with Crippen molar-refractivity contribution in [3.8, 4) is 11.3 Å². The van der Waals surface area contributed by atoms with Crippen LogP contribution in [-0.2, 0) is 0 Å². The number of hydrogen-bond acceptors (Lipinski definition) is 2. The molecule has 1 nitrogen and oxygen atoms in total. The molecule has 0 aliphatic carbocycles. The van der Waals surface area contributed by atoms with Crippen molar-refractivity contribution in [2.45, 2.75) is 0 Å². The zero-order chi connectivity index (χ0) is 12.5. The van der Waals surface area contributed by atoms with E-state index in [2.05, 4.69) is 0 Å². The van der Waals surface area contributed by atoms with E-state index in [1.807, 2.05) is 48.5 Å². The maximum atomic E-state index is 5.96. The van der Waals surface area contributed by atoms with Crippen LogP contribution < -0.4 is 0 Å². The average Bonchev–Trinajstić information content (AvgIpc) is 2.40. The van der Waals surface area contributed by atoms with Crippen LogP contribution in [0.3, 0.4) is 0 Å².